The lowest BCUT2D eigenvalue weighted by molar-refractivity contribution is -0.139. The van der Waals surface area contributed by atoms with Crippen molar-refractivity contribution in [3.05, 3.63) is 0 Å². The quantitative estimate of drug-likeness (QED) is 0.606. The number of carboxylic acid groups (broad SMARTS) is 1. The standard InChI is InChI=1S/C11H20N2O5S/c12-10(14)7-6-9(11(15)16)13-19(17,18)8-4-2-1-3-5-8/h8-9,13H,1-7H2,(H2,12,14)(H,15,16)/t9-/m0/s1. The van der Waals surface area contributed by atoms with E-state index in [4.69, 9.17) is 10.8 Å². The first kappa shape index (κ1) is 15.9. The van der Waals surface area contributed by atoms with Gasteiger partial charge >= 0.3 is 5.97 Å². The average Bonchev–Trinajstić information content (AvgIpc) is 2.35. The van der Waals surface area contributed by atoms with E-state index in [0.29, 0.717) is 12.8 Å². The number of carbonyl (C=O) groups is 2. The number of nitrogens with one attached hydrogen (secondary N) is 1. The molecule has 8 heteroatoms. The maximum absolute atomic E-state index is 12.1. The predicted molar refractivity (Wildman–Crippen MR) is 68.8 cm³/mol. The van der Waals surface area contributed by atoms with Gasteiger partial charge in [-0.3, -0.25) is 9.59 Å². The minimum atomic E-state index is -3.66. The van der Waals surface area contributed by atoms with Crippen molar-refractivity contribution in [3.8, 4) is 0 Å². The van der Waals surface area contributed by atoms with Crippen molar-refractivity contribution in [2.24, 2.45) is 5.73 Å². The molecule has 1 atom stereocenters. The highest BCUT2D eigenvalue weighted by atomic mass is 32.2. The molecule has 0 aliphatic heterocycles. The molecule has 0 aromatic heterocycles. The zero-order valence-corrected chi connectivity index (χ0v) is 11.5. The summed E-state index contributed by atoms with van der Waals surface area (Å²) in [7, 11) is -3.66. The summed E-state index contributed by atoms with van der Waals surface area (Å²) in [6.07, 6.45) is 3.50. The van der Waals surface area contributed by atoms with E-state index < -0.39 is 33.2 Å². The summed E-state index contributed by atoms with van der Waals surface area (Å²) in [6, 6.07) is -1.29. The first-order valence-corrected chi connectivity index (χ1v) is 7.90. The lowest BCUT2D eigenvalue weighted by atomic mass is 10.0. The van der Waals surface area contributed by atoms with Crippen molar-refractivity contribution >= 4 is 21.9 Å². The van der Waals surface area contributed by atoms with Gasteiger partial charge in [0.1, 0.15) is 6.04 Å². The van der Waals surface area contributed by atoms with E-state index in [9.17, 15) is 18.0 Å². The molecule has 4 N–H and O–H groups in total. The molecule has 0 aromatic rings. The summed E-state index contributed by atoms with van der Waals surface area (Å²) in [6.45, 7) is 0. The minimum absolute atomic E-state index is 0.128. The highest BCUT2D eigenvalue weighted by Crippen LogP contribution is 2.23. The molecule has 1 aliphatic rings. The van der Waals surface area contributed by atoms with Crippen LogP contribution in [0.25, 0.3) is 0 Å². The van der Waals surface area contributed by atoms with Crippen LogP contribution in [0.15, 0.2) is 0 Å². The van der Waals surface area contributed by atoms with Gasteiger partial charge in [-0.1, -0.05) is 19.3 Å². The van der Waals surface area contributed by atoms with E-state index in [2.05, 4.69) is 4.72 Å². The van der Waals surface area contributed by atoms with Gasteiger partial charge in [0.05, 0.1) is 5.25 Å². The first-order valence-electron chi connectivity index (χ1n) is 6.35. The zero-order chi connectivity index (χ0) is 14.5. The van der Waals surface area contributed by atoms with Crippen LogP contribution in [0.4, 0.5) is 0 Å². The molecule has 0 radical (unpaired) electrons. The van der Waals surface area contributed by atoms with E-state index in [1.807, 2.05) is 0 Å². The maximum Gasteiger partial charge on any atom is 0.321 e. The Bertz CT molecular complexity index is 428. The predicted octanol–water partition coefficient (Wildman–Crippen LogP) is -0.0428. The molecule has 7 nitrogen and oxygen atoms in total. The molecule has 0 unspecified atom stereocenters. The molecule has 0 heterocycles. The molecule has 1 saturated carbocycles. The second kappa shape index (κ2) is 6.85. The molecule has 1 amide bonds. The van der Waals surface area contributed by atoms with E-state index in [0.717, 1.165) is 19.3 Å². The summed E-state index contributed by atoms with van der Waals surface area (Å²) in [5.41, 5.74) is 4.94. The Morgan fingerprint density at radius 1 is 1.26 bits per heavy atom. The summed E-state index contributed by atoms with van der Waals surface area (Å²) in [5, 5.41) is 8.44. The summed E-state index contributed by atoms with van der Waals surface area (Å²) >= 11 is 0. The van der Waals surface area contributed by atoms with Crippen LogP contribution in [0.1, 0.15) is 44.9 Å². The molecule has 1 rings (SSSR count). The Labute approximate surface area is 112 Å². The van der Waals surface area contributed by atoms with E-state index in [1.54, 1.807) is 0 Å². The van der Waals surface area contributed by atoms with Crippen molar-refractivity contribution in [3.63, 3.8) is 0 Å². The molecule has 1 aliphatic carbocycles. The van der Waals surface area contributed by atoms with Crippen LogP contribution in [0.5, 0.6) is 0 Å². The number of sulfonamides is 1. The highest BCUT2D eigenvalue weighted by Gasteiger charge is 2.31. The maximum atomic E-state index is 12.1. The Balaban J connectivity index is 2.65. The topological polar surface area (TPSA) is 127 Å². The third-order valence-electron chi connectivity index (χ3n) is 3.28. The van der Waals surface area contributed by atoms with Gasteiger partial charge in [0, 0.05) is 6.42 Å². The second-order valence-corrected chi connectivity index (χ2v) is 6.81. The SMILES string of the molecule is NC(=O)CC[C@H](NS(=O)(=O)C1CCCCC1)C(=O)O. The van der Waals surface area contributed by atoms with Gasteiger partial charge in [0.25, 0.3) is 0 Å². The summed E-state index contributed by atoms with van der Waals surface area (Å²) < 4.78 is 26.3. The molecular weight excluding hydrogens is 272 g/mol. The van der Waals surface area contributed by atoms with Crippen LogP contribution in [0.2, 0.25) is 0 Å². The van der Waals surface area contributed by atoms with Crippen LogP contribution in [0.3, 0.4) is 0 Å². The van der Waals surface area contributed by atoms with Gasteiger partial charge in [0.2, 0.25) is 15.9 Å². The number of carboxylic acids is 1. The lowest BCUT2D eigenvalue weighted by Gasteiger charge is -2.24. The van der Waals surface area contributed by atoms with Crippen molar-refractivity contribution in [2.45, 2.75) is 56.2 Å². The van der Waals surface area contributed by atoms with E-state index in [-0.39, 0.29) is 12.8 Å². The average molecular weight is 292 g/mol. The number of hydrogen-bond acceptors (Lipinski definition) is 4. The molecule has 0 aromatic carbocycles. The van der Waals surface area contributed by atoms with Crippen molar-refractivity contribution < 1.29 is 23.1 Å². The van der Waals surface area contributed by atoms with Crippen LogP contribution < -0.4 is 10.5 Å². The van der Waals surface area contributed by atoms with Gasteiger partial charge in [-0.15, -0.1) is 0 Å². The van der Waals surface area contributed by atoms with Crippen LogP contribution >= 0.6 is 0 Å². The minimum Gasteiger partial charge on any atom is -0.480 e. The fourth-order valence-electron chi connectivity index (χ4n) is 2.19. The number of rotatable bonds is 7. The monoisotopic (exact) mass is 292 g/mol. The lowest BCUT2D eigenvalue weighted by Crippen LogP contribution is -2.45. The highest BCUT2D eigenvalue weighted by molar-refractivity contribution is 7.90. The third-order valence-corrected chi connectivity index (χ3v) is 5.24. The van der Waals surface area contributed by atoms with Crippen molar-refractivity contribution in [1.82, 2.24) is 4.72 Å². The Hall–Kier alpha value is -1.15. The summed E-state index contributed by atoms with van der Waals surface area (Å²) in [4.78, 5) is 21.6. The van der Waals surface area contributed by atoms with Crippen molar-refractivity contribution in [1.29, 1.82) is 0 Å². The number of hydrogen-bond donors (Lipinski definition) is 3. The largest absolute Gasteiger partial charge is 0.480 e. The van der Waals surface area contributed by atoms with Crippen LogP contribution in [-0.4, -0.2) is 36.7 Å². The van der Waals surface area contributed by atoms with Crippen LogP contribution in [-0.2, 0) is 19.6 Å². The van der Waals surface area contributed by atoms with Gasteiger partial charge in [0.15, 0.2) is 0 Å². The Morgan fingerprint density at radius 3 is 2.32 bits per heavy atom. The van der Waals surface area contributed by atoms with Crippen LogP contribution in [0, 0.1) is 0 Å². The molecular formula is C11H20N2O5S. The van der Waals surface area contributed by atoms with Gasteiger partial charge in [-0.05, 0) is 19.3 Å². The van der Waals surface area contributed by atoms with E-state index >= 15 is 0 Å². The van der Waals surface area contributed by atoms with Gasteiger partial charge in [-0.2, -0.15) is 0 Å². The molecule has 110 valence electrons. The normalized spacial score (nSPS) is 18.9. The molecule has 0 saturated heterocycles. The number of nitrogens with two attached hydrogens (primary N) is 1. The smallest absolute Gasteiger partial charge is 0.321 e. The van der Waals surface area contributed by atoms with Gasteiger partial charge < -0.3 is 10.8 Å². The second-order valence-electron chi connectivity index (χ2n) is 4.82. The zero-order valence-electron chi connectivity index (χ0n) is 10.7. The number of amides is 1. The Morgan fingerprint density at radius 2 is 1.84 bits per heavy atom. The fraction of sp³-hybridized carbons (Fsp3) is 0.818. The molecule has 0 bridgehead atoms. The first-order chi connectivity index (χ1) is 8.83. The number of aliphatic carboxylic acids is 1. The Kier molecular flexibility index (Phi) is 5.74. The molecule has 19 heavy (non-hydrogen) atoms. The molecule has 1 fully saturated rings. The fourth-order valence-corrected chi connectivity index (χ4v) is 3.95. The van der Waals surface area contributed by atoms with Crippen molar-refractivity contribution in [2.75, 3.05) is 0 Å². The third kappa shape index (κ3) is 5.15. The summed E-state index contributed by atoms with van der Waals surface area (Å²) in [5.74, 6) is -1.94. The molecule has 0 spiro atoms. The van der Waals surface area contributed by atoms with Gasteiger partial charge in [-0.25, -0.2) is 13.1 Å². The van der Waals surface area contributed by atoms with E-state index in [1.165, 1.54) is 0 Å². The number of carbonyl (C=O) groups excluding carboxylic acids is 1. The number of primary amides is 1.